The van der Waals surface area contributed by atoms with Crippen LogP contribution in [-0.2, 0) is 4.74 Å². The van der Waals surface area contributed by atoms with E-state index in [0.717, 1.165) is 47.6 Å². The number of hydrogen-bond donors (Lipinski definition) is 1. The Kier molecular flexibility index (Phi) is 6.54. The molecule has 5 rings (SSSR count). The highest BCUT2D eigenvalue weighted by Crippen LogP contribution is 2.38. The maximum Gasteiger partial charge on any atom is 0.258 e. The van der Waals surface area contributed by atoms with Gasteiger partial charge in [0, 0.05) is 22.9 Å². The van der Waals surface area contributed by atoms with Gasteiger partial charge in [-0.3, -0.25) is 0 Å². The van der Waals surface area contributed by atoms with Crippen molar-refractivity contribution in [3.63, 3.8) is 0 Å². The Morgan fingerprint density at radius 2 is 2.06 bits per heavy atom. The van der Waals surface area contributed by atoms with Gasteiger partial charge in [0.05, 0.1) is 31.4 Å². The van der Waals surface area contributed by atoms with Crippen molar-refractivity contribution in [1.29, 1.82) is 0 Å². The van der Waals surface area contributed by atoms with Crippen molar-refractivity contribution < 1.29 is 14.0 Å². The Morgan fingerprint density at radius 3 is 2.76 bits per heavy atom. The molecule has 7 nitrogen and oxygen atoms in total. The summed E-state index contributed by atoms with van der Waals surface area (Å²) in [6.07, 6.45) is 2.22. The van der Waals surface area contributed by atoms with Crippen LogP contribution in [0.1, 0.15) is 37.3 Å². The van der Waals surface area contributed by atoms with E-state index in [1.807, 2.05) is 55.5 Å². The van der Waals surface area contributed by atoms with Crippen LogP contribution < -0.4 is 10.1 Å². The molecule has 0 spiro atoms. The van der Waals surface area contributed by atoms with Gasteiger partial charge in [0.25, 0.3) is 5.89 Å². The molecule has 1 aromatic heterocycles. The van der Waals surface area contributed by atoms with E-state index in [0.29, 0.717) is 28.4 Å². The van der Waals surface area contributed by atoms with Gasteiger partial charge in [-0.15, -0.1) is 0 Å². The first-order valence-corrected chi connectivity index (χ1v) is 12.0. The molecule has 3 heterocycles. The highest BCUT2D eigenvalue weighted by atomic mass is 35.5. The second-order valence-corrected chi connectivity index (χ2v) is 9.16. The molecule has 1 fully saturated rings. The van der Waals surface area contributed by atoms with E-state index in [1.54, 1.807) is 7.11 Å². The van der Waals surface area contributed by atoms with Gasteiger partial charge in [-0.2, -0.15) is 4.98 Å². The fraction of sp³-hybridized carbons (Fsp3) is 0.320. The Bertz CT molecular complexity index is 1220. The second-order valence-electron chi connectivity index (χ2n) is 8.33. The van der Waals surface area contributed by atoms with Gasteiger partial charge in [-0.25, -0.2) is 0 Å². The van der Waals surface area contributed by atoms with Crippen molar-refractivity contribution in [3.05, 3.63) is 70.7 Å². The Morgan fingerprint density at radius 1 is 1.24 bits per heavy atom. The summed E-state index contributed by atoms with van der Waals surface area (Å²) in [6, 6.07) is 15.0. The quantitative estimate of drug-likeness (QED) is 0.464. The smallest absolute Gasteiger partial charge is 0.258 e. The van der Waals surface area contributed by atoms with Gasteiger partial charge < -0.3 is 24.2 Å². The molecule has 0 aliphatic carbocycles. The molecule has 1 N–H and O–H groups in total. The maximum atomic E-state index is 6.17. The van der Waals surface area contributed by atoms with Crippen LogP contribution in [-0.4, -0.2) is 46.5 Å². The zero-order valence-electron chi connectivity index (χ0n) is 19.0. The third-order valence-electron chi connectivity index (χ3n) is 6.19. The van der Waals surface area contributed by atoms with E-state index < -0.39 is 0 Å². The Hall–Kier alpha value is -2.94. The van der Waals surface area contributed by atoms with Crippen molar-refractivity contribution in [2.24, 2.45) is 0 Å². The lowest BCUT2D eigenvalue weighted by Gasteiger charge is -2.38. The molecule has 34 heavy (non-hydrogen) atoms. The SMILES string of the molecule is COc1ccc(C2NC(=S)N(CC3CCCO3)C(C)=C2c2nc(-c3cccc(Cl)c3)no2)cc1. The number of methoxy groups -OCH3 is 1. The fourth-order valence-corrected chi connectivity index (χ4v) is 4.91. The Labute approximate surface area is 208 Å². The first-order valence-electron chi connectivity index (χ1n) is 11.2. The molecular formula is C25H25ClN4O3S. The summed E-state index contributed by atoms with van der Waals surface area (Å²) in [5, 5.41) is 8.98. The molecule has 2 aliphatic heterocycles. The van der Waals surface area contributed by atoms with E-state index >= 15 is 0 Å². The summed E-state index contributed by atoms with van der Waals surface area (Å²) in [6.45, 7) is 3.50. The normalized spacial score (nSPS) is 20.6. The summed E-state index contributed by atoms with van der Waals surface area (Å²) >= 11 is 12.0. The van der Waals surface area contributed by atoms with Crippen LogP contribution in [0.3, 0.4) is 0 Å². The topological polar surface area (TPSA) is 72.7 Å². The number of aromatic nitrogens is 2. The lowest BCUT2D eigenvalue weighted by Crippen LogP contribution is -2.48. The standard InChI is InChI=1S/C25H25ClN4O3S/c1-15-21(24-28-23(29-33-24)17-5-3-6-18(26)13-17)22(16-8-10-19(31-2)11-9-16)27-25(34)30(15)14-20-7-4-12-32-20/h3,5-6,8-11,13,20,22H,4,7,12,14H2,1-2H3,(H,27,34). The van der Waals surface area contributed by atoms with Crippen molar-refractivity contribution in [1.82, 2.24) is 20.4 Å². The van der Waals surface area contributed by atoms with Gasteiger partial charge >= 0.3 is 0 Å². The van der Waals surface area contributed by atoms with Gasteiger partial charge in [0.2, 0.25) is 5.82 Å². The van der Waals surface area contributed by atoms with Crippen molar-refractivity contribution in [2.75, 3.05) is 20.3 Å². The summed E-state index contributed by atoms with van der Waals surface area (Å²) in [7, 11) is 1.65. The van der Waals surface area contributed by atoms with Crippen LogP contribution in [0, 0.1) is 0 Å². The van der Waals surface area contributed by atoms with E-state index in [1.165, 1.54) is 0 Å². The number of ether oxygens (including phenoxy) is 2. The van der Waals surface area contributed by atoms with Crippen LogP contribution in [0.4, 0.5) is 0 Å². The van der Waals surface area contributed by atoms with Gasteiger partial charge in [-0.05, 0) is 61.8 Å². The average molecular weight is 497 g/mol. The molecule has 0 bridgehead atoms. The van der Waals surface area contributed by atoms with Gasteiger partial charge in [0.15, 0.2) is 5.11 Å². The van der Waals surface area contributed by atoms with E-state index in [2.05, 4.69) is 15.4 Å². The first-order chi connectivity index (χ1) is 16.5. The number of nitrogens with zero attached hydrogens (tertiary/aromatic N) is 3. The zero-order valence-corrected chi connectivity index (χ0v) is 20.5. The number of halogens is 1. The number of rotatable bonds is 6. The molecule has 3 aromatic rings. The number of thiocarbonyl (C=S) groups is 1. The summed E-state index contributed by atoms with van der Waals surface area (Å²) in [5.41, 5.74) is 3.63. The Balaban J connectivity index is 1.56. The highest BCUT2D eigenvalue weighted by Gasteiger charge is 2.35. The molecule has 1 saturated heterocycles. The van der Waals surface area contributed by atoms with E-state index in [9.17, 15) is 0 Å². The van der Waals surface area contributed by atoms with Crippen LogP contribution in [0.15, 0.2) is 58.8 Å². The summed E-state index contributed by atoms with van der Waals surface area (Å²) in [4.78, 5) is 6.81. The van der Waals surface area contributed by atoms with Gasteiger partial charge in [0.1, 0.15) is 5.75 Å². The summed E-state index contributed by atoms with van der Waals surface area (Å²) in [5.74, 6) is 1.69. The lowest BCUT2D eigenvalue weighted by atomic mass is 9.94. The van der Waals surface area contributed by atoms with Crippen LogP contribution >= 0.6 is 23.8 Å². The molecule has 0 radical (unpaired) electrons. The predicted molar refractivity (Wildman–Crippen MR) is 134 cm³/mol. The minimum atomic E-state index is -0.258. The lowest BCUT2D eigenvalue weighted by molar-refractivity contribution is 0.0962. The molecule has 176 valence electrons. The third-order valence-corrected chi connectivity index (χ3v) is 6.77. The largest absolute Gasteiger partial charge is 0.497 e. The maximum absolute atomic E-state index is 6.17. The summed E-state index contributed by atoms with van der Waals surface area (Å²) < 4.78 is 17.0. The molecule has 0 saturated carbocycles. The fourth-order valence-electron chi connectivity index (χ4n) is 4.39. The third kappa shape index (κ3) is 4.53. The van der Waals surface area contributed by atoms with E-state index in [-0.39, 0.29) is 12.1 Å². The molecule has 2 atom stereocenters. The van der Waals surface area contributed by atoms with Crippen LogP contribution in [0.2, 0.25) is 5.02 Å². The number of benzene rings is 2. The minimum Gasteiger partial charge on any atom is -0.497 e. The molecule has 2 unspecified atom stereocenters. The second kappa shape index (κ2) is 9.74. The molecule has 2 aromatic carbocycles. The zero-order chi connectivity index (χ0) is 23.7. The minimum absolute atomic E-state index is 0.137. The number of allylic oxidation sites excluding steroid dienone is 1. The van der Waals surface area contributed by atoms with E-state index in [4.69, 9.17) is 42.8 Å². The average Bonchev–Trinajstić information content (AvgIpc) is 3.54. The van der Waals surface area contributed by atoms with Crippen molar-refractivity contribution >= 4 is 34.5 Å². The first kappa shape index (κ1) is 22.8. The van der Waals surface area contributed by atoms with Crippen LogP contribution in [0.25, 0.3) is 17.0 Å². The number of nitrogens with one attached hydrogen (secondary N) is 1. The predicted octanol–water partition coefficient (Wildman–Crippen LogP) is 5.24. The van der Waals surface area contributed by atoms with Crippen molar-refractivity contribution in [3.8, 4) is 17.1 Å². The molecular weight excluding hydrogens is 472 g/mol. The molecule has 2 aliphatic rings. The molecule has 0 amide bonds. The van der Waals surface area contributed by atoms with Crippen molar-refractivity contribution in [2.45, 2.75) is 31.9 Å². The monoisotopic (exact) mass is 496 g/mol. The highest BCUT2D eigenvalue weighted by molar-refractivity contribution is 7.80. The molecule has 9 heteroatoms. The van der Waals surface area contributed by atoms with Gasteiger partial charge in [-0.1, -0.05) is 41.0 Å². The number of hydrogen-bond acceptors (Lipinski definition) is 6. The van der Waals surface area contributed by atoms with Crippen LogP contribution in [0.5, 0.6) is 5.75 Å².